The van der Waals surface area contributed by atoms with E-state index in [1.165, 1.54) is 32.8 Å². The van der Waals surface area contributed by atoms with Crippen molar-refractivity contribution in [2.45, 2.75) is 13.3 Å². The van der Waals surface area contributed by atoms with Crippen molar-refractivity contribution in [1.29, 1.82) is 0 Å². The minimum Gasteiger partial charge on any atom is -0.340 e. The van der Waals surface area contributed by atoms with Crippen molar-refractivity contribution in [3.8, 4) is 11.1 Å². The number of H-pyrrole nitrogens is 1. The summed E-state index contributed by atoms with van der Waals surface area (Å²) in [7, 11) is 0. The third kappa shape index (κ3) is 1.68. The van der Waals surface area contributed by atoms with Crippen LogP contribution in [-0.4, -0.2) is 11.5 Å². The molecule has 1 N–H and O–H groups in total. The molecule has 3 aromatic rings. The van der Waals surface area contributed by atoms with Crippen molar-refractivity contribution in [2.75, 3.05) is 6.54 Å². The molecule has 0 fully saturated rings. The molecule has 2 heterocycles. The average molecular weight is 260 g/mol. The van der Waals surface area contributed by atoms with Crippen LogP contribution in [0.4, 0.5) is 0 Å². The zero-order valence-corrected chi connectivity index (χ0v) is 11.5. The van der Waals surface area contributed by atoms with E-state index in [-0.39, 0.29) is 0 Å². The number of aromatic nitrogens is 1. The molecule has 2 aromatic carbocycles. The molecule has 0 amide bonds. The van der Waals surface area contributed by atoms with Crippen molar-refractivity contribution in [3.63, 3.8) is 0 Å². The Hall–Kier alpha value is -2.35. The Morgan fingerprint density at radius 1 is 1.10 bits per heavy atom. The highest BCUT2D eigenvalue weighted by molar-refractivity contribution is 5.95. The van der Waals surface area contributed by atoms with Gasteiger partial charge in [-0.25, -0.2) is 0 Å². The van der Waals surface area contributed by atoms with Crippen LogP contribution >= 0.6 is 0 Å². The first-order chi connectivity index (χ1) is 9.83. The number of rotatable bonds is 1. The summed E-state index contributed by atoms with van der Waals surface area (Å²) in [6.45, 7) is 3.03. The van der Waals surface area contributed by atoms with Crippen molar-refractivity contribution in [2.24, 2.45) is 4.99 Å². The van der Waals surface area contributed by atoms with Gasteiger partial charge in [0.2, 0.25) is 0 Å². The lowest BCUT2D eigenvalue weighted by molar-refractivity contribution is 0.940. The van der Waals surface area contributed by atoms with Crippen LogP contribution in [0, 0.1) is 6.92 Å². The van der Waals surface area contributed by atoms with Crippen LogP contribution in [-0.2, 0) is 0 Å². The maximum atomic E-state index is 4.60. The van der Waals surface area contributed by atoms with E-state index in [4.69, 9.17) is 0 Å². The summed E-state index contributed by atoms with van der Waals surface area (Å²) in [5.41, 5.74) is 6.06. The van der Waals surface area contributed by atoms with E-state index in [2.05, 4.69) is 65.4 Å². The fourth-order valence-electron chi connectivity index (χ4n) is 3.02. The molecular formula is C18H16N2. The van der Waals surface area contributed by atoms with E-state index in [0.717, 1.165) is 18.5 Å². The number of aromatic amines is 1. The SMILES string of the molecule is Cc1cccc(-c2cccc3[nH]c4c(c23)=CCCN=4)c1. The summed E-state index contributed by atoms with van der Waals surface area (Å²) in [5, 5.41) is 2.57. The van der Waals surface area contributed by atoms with E-state index in [9.17, 15) is 0 Å². The summed E-state index contributed by atoms with van der Waals surface area (Å²) < 4.78 is 0. The number of aryl methyl sites for hydroxylation is 1. The van der Waals surface area contributed by atoms with E-state index < -0.39 is 0 Å². The lowest BCUT2D eigenvalue weighted by Crippen LogP contribution is -2.26. The molecule has 1 aliphatic heterocycles. The number of nitrogens with one attached hydrogen (secondary N) is 1. The van der Waals surface area contributed by atoms with Gasteiger partial charge in [-0.2, -0.15) is 0 Å². The van der Waals surface area contributed by atoms with Gasteiger partial charge >= 0.3 is 0 Å². The molecule has 0 bridgehead atoms. The second kappa shape index (κ2) is 4.34. The highest BCUT2D eigenvalue weighted by Gasteiger charge is 2.10. The molecule has 0 unspecified atom stereocenters. The second-order valence-electron chi connectivity index (χ2n) is 5.36. The van der Waals surface area contributed by atoms with Crippen LogP contribution in [0.15, 0.2) is 47.5 Å². The Labute approximate surface area is 117 Å². The molecule has 0 aliphatic carbocycles. The Balaban J connectivity index is 2.13. The van der Waals surface area contributed by atoms with Gasteiger partial charge in [0.05, 0.1) is 0 Å². The third-order valence-electron chi connectivity index (χ3n) is 3.92. The summed E-state index contributed by atoms with van der Waals surface area (Å²) >= 11 is 0. The first-order valence-corrected chi connectivity index (χ1v) is 7.05. The summed E-state index contributed by atoms with van der Waals surface area (Å²) in [6, 6.07) is 15.1. The van der Waals surface area contributed by atoms with E-state index in [1.54, 1.807) is 0 Å². The van der Waals surface area contributed by atoms with Gasteiger partial charge in [-0.05, 0) is 30.5 Å². The van der Waals surface area contributed by atoms with Gasteiger partial charge in [0.1, 0.15) is 5.49 Å². The highest BCUT2D eigenvalue weighted by Crippen LogP contribution is 2.26. The van der Waals surface area contributed by atoms with Crippen molar-refractivity contribution in [1.82, 2.24) is 4.98 Å². The monoisotopic (exact) mass is 260 g/mol. The standard InChI is InChI=1S/C18H16N2/c1-12-5-2-6-13(11-12)14-7-3-9-16-17(14)15-8-4-10-19-18(15)20-16/h2-3,5-9,11H,4,10H2,1H3,(H,19,20). The van der Waals surface area contributed by atoms with Crippen LogP contribution in [0.2, 0.25) is 0 Å². The zero-order chi connectivity index (χ0) is 13.5. The molecule has 0 atom stereocenters. The molecule has 1 aromatic heterocycles. The van der Waals surface area contributed by atoms with Crippen molar-refractivity contribution in [3.05, 3.63) is 58.7 Å². The predicted octanol–water partition coefficient (Wildman–Crippen LogP) is 2.95. The van der Waals surface area contributed by atoms with Gasteiger partial charge in [0.25, 0.3) is 0 Å². The molecule has 0 saturated carbocycles. The van der Waals surface area contributed by atoms with Gasteiger partial charge in [0, 0.05) is 22.7 Å². The predicted molar refractivity (Wildman–Crippen MR) is 83.2 cm³/mol. The Morgan fingerprint density at radius 2 is 2.00 bits per heavy atom. The fraction of sp³-hybridized carbons (Fsp3) is 0.167. The first kappa shape index (κ1) is 11.5. The number of hydrogen-bond acceptors (Lipinski definition) is 1. The van der Waals surface area contributed by atoms with Crippen molar-refractivity contribution >= 4 is 17.0 Å². The molecule has 98 valence electrons. The van der Waals surface area contributed by atoms with Crippen molar-refractivity contribution < 1.29 is 0 Å². The first-order valence-electron chi connectivity index (χ1n) is 7.05. The Kier molecular flexibility index (Phi) is 2.49. The van der Waals surface area contributed by atoms with E-state index in [0.29, 0.717) is 0 Å². The largest absolute Gasteiger partial charge is 0.340 e. The molecule has 2 nitrogen and oxygen atoms in total. The molecule has 0 radical (unpaired) electrons. The summed E-state index contributed by atoms with van der Waals surface area (Å²) in [5.74, 6) is 0. The molecule has 20 heavy (non-hydrogen) atoms. The van der Waals surface area contributed by atoms with Crippen LogP contribution in [0.25, 0.3) is 28.1 Å². The summed E-state index contributed by atoms with van der Waals surface area (Å²) in [4.78, 5) is 8.04. The lowest BCUT2D eigenvalue weighted by atomic mass is 9.99. The minimum absolute atomic E-state index is 0.888. The highest BCUT2D eigenvalue weighted by atomic mass is 14.9. The quantitative estimate of drug-likeness (QED) is 0.697. The second-order valence-corrected chi connectivity index (χ2v) is 5.36. The number of nitrogens with zero attached hydrogens (tertiary/aromatic N) is 1. The minimum atomic E-state index is 0.888. The van der Waals surface area contributed by atoms with Gasteiger partial charge in [-0.1, -0.05) is 48.0 Å². The number of hydrogen-bond donors (Lipinski definition) is 1. The number of benzene rings is 2. The van der Waals surface area contributed by atoms with Gasteiger partial charge in [-0.15, -0.1) is 0 Å². The Morgan fingerprint density at radius 3 is 2.90 bits per heavy atom. The maximum Gasteiger partial charge on any atom is 0.133 e. The average Bonchev–Trinajstić information content (AvgIpc) is 2.85. The van der Waals surface area contributed by atoms with Gasteiger partial charge in [0.15, 0.2) is 0 Å². The number of fused-ring (bicyclic) bond motifs is 3. The summed E-state index contributed by atoms with van der Waals surface area (Å²) in [6.07, 6.45) is 3.34. The van der Waals surface area contributed by atoms with E-state index in [1.807, 2.05) is 0 Å². The molecule has 2 heteroatoms. The van der Waals surface area contributed by atoms with Crippen LogP contribution < -0.4 is 10.7 Å². The third-order valence-corrected chi connectivity index (χ3v) is 3.92. The maximum absolute atomic E-state index is 4.60. The molecule has 4 rings (SSSR count). The topological polar surface area (TPSA) is 28.1 Å². The smallest absolute Gasteiger partial charge is 0.133 e. The molecular weight excluding hydrogens is 244 g/mol. The molecule has 1 aliphatic rings. The normalized spacial score (nSPS) is 13.7. The van der Waals surface area contributed by atoms with Crippen LogP contribution in [0.1, 0.15) is 12.0 Å². The molecule has 0 saturated heterocycles. The van der Waals surface area contributed by atoms with Crippen LogP contribution in [0.5, 0.6) is 0 Å². The van der Waals surface area contributed by atoms with E-state index >= 15 is 0 Å². The molecule has 0 spiro atoms. The lowest BCUT2D eigenvalue weighted by Gasteiger charge is -2.05. The van der Waals surface area contributed by atoms with Crippen LogP contribution in [0.3, 0.4) is 0 Å². The zero-order valence-electron chi connectivity index (χ0n) is 11.5. The Bertz CT molecular complexity index is 916. The fourth-order valence-corrected chi connectivity index (χ4v) is 3.02. The van der Waals surface area contributed by atoms with Gasteiger partial charge in [-0.3, -0.25) is 4.99 Å². The van der Waals surface area contributed by atoms with Gasteiger partial charge < -0.3 is 4.98 Å².